The fourth-order valence-electron chi connectivity index (χ4n) is 1.99. The lowest BCUT2D eigenvalue weighted by atomic mass is 10.1. The highest BCUT2D eigenvalue weighted by Gasteiger charge is 2.11. The minimum Gasteiger partial charge on any atom is -0.496 e. The van der Waals surface area contributed by atoms with Gasteiger partial charge in [0.15, 0.2) is 0 Å². The van der Waals surface area contributed by atoms with E-state index in [4.69, 9.17) is 21.1 Å². The Balaban J connectivity index is 2.13. The first-order chi connectivity index (χ1) is 10.1. The summed E-state index contributed by atoms with van der Waals surface area (Å²) in [5.74, 6) is 1.08. The highest BCUT2D eigenvalue weighted by atomic mass is 35.5. The molecule has 2 rings (SSSR count). The molecule has 1 N–H and O–H groups in total. The molecule has 110 valence electrons. The smallest absolute Gasteiger partial charge is 0.229 e. The number of ether oxygens (including phenoxy) is 2. The van der Waals surface area contributed by atoms with Crippen molar-refractivity contribution in [3.63, 3.8) is 0 Å². The first-order valence-electron chi connectivity index (χ1n) is 6.39. The first kappa shape index (κ1) is 15.2. The Morgan fingerprint density at radius 1 is 1.10 bits per heavy atom. The van der Waals surface area contributed by atoms with Gasteiger partial charge in [-0.25, -0.2) is 0 Å². The Labute approximate surface area is 128 Å². The third-order valence-electron chi connectivity index (χ3n) is 2.98. The summed E-state index contributed by atoms with van der Waals surface area (Å²) in [6, 6.07) is 12.5. The number of rotatable bonds is 5. The van der Waals surface area contributed by atoms with Gasteiger partial charge < -0.3 is 14.8 Å². The molecule has 0 saturated carbocycles. The number of anilines is 1. The van der Waals surface area contributed by atoms with Gasteiger partial charge in [-0.05, 0) is 24.3 Å². The van der Waals surface area contributed by atoms with E-state index in [1.807, 2.05) is 24.3 Å². The largest absolute Gasteiger partial charge is 0.496 e. The Kier molecular flexibility index (Phi) is 5.06. The van der Waals surface area contributed by atoms with Gasteiger partial charge >= 0.3 is 0 Å². The van der Waals surface area contributed by atoms with Crippen molar-refractivity contribution in [2.45, 2.75) is 6.42 Å². The molecule has 0 bridgehead atoms. The van der Waals surface area contributed by atoms with Gasteiger partial charge in [0.2, 0.25) is 5.91 Å². The van der Waals surface area contributed by atoms with E-state index in [2.05, 4.69) is 5.32 Å². The number of para-hydroxylation sites is 1. The second kappa shape index (κ2) is 6.99. The normalized spacial score (nSPS) is 10.0. The van der Waals surface area contributed by atoms with E-state index < -0.39 is 0 Å². The van der Waals surface area contributed by atoms with E-state index >= 15 is 0 Å². The van der Waals surface area contributed by atoms with Crippen LogP contribution in [0.2, 0.25) is 5.02 Å². The van der Waals surface area contributed by atoms with E-state index in [-0.39, 0.29) is 12.3 Å². The van der Waals surface area contributed by atoms with Gasteiger partial charge in [-0.15, -0.1) is 0 Å². The number of nitrogens with one attached hydrogen (secondary N) is 1. The fourth-order valence-corrected chi connectivity index (χ4v) is 2.17. The van der Waals surface area contributed by atoms with E-state index in [1.54, 1.807) is 32.4 Å². The monoisotopic (exact) mass is 305 g/mol. The maximum Gasteiger partial charge on any atom is 0.229 e. The highest BCUT2D eigenvalue weighted by molar-refractivity contribution is 6.31. The standard InChI is InChI=1S/C16H16ClNO3/c1-20-14-6-4-3-5-11(14)9-16(19)18-13-10-12(17)7-8-15(13)21-2/h3-8,10H,9H2,1-2H3,(H,18,19). The zero-order valence-corrected chi connectivity index (χ0v) is 12.6. The van der Waals surface area contributed by atoms with Crippen molar-refractivity contribution in [2.75, 3.05) is 19.5 Å². The number of methoxy groups -OCH3 is 2. The number of benzene rings is 2. The van der Waals surface area contributed by atoms with Crippen LogP contribution in [0.4, 0.5) is 5.69 Å². The lowest BCUT2D eigenvalue weighted by molar-refractivity contribution is -0.115. The quantitative estimate of drug-likeness (QED) is 0.919. The summed E-state index contributed by atoms with van der Waals surface area (Å²) in [7, 11) is 3.12. The molecule has 2 aromatic carbocycles. The molecule has 21 heavy (non-hydrogen) atoms. The van der Waals surface area contributed by atoms with Gasteiger partial charge in [0.25, 0.3) is 0 Å². The van der Waals surface area contributed by atoms with Crippen molar-refractivity contribution in [3.8, 4) is 11.5 Å². The molecule has 0 aliphatic rings. The van der Waals surface area contributed by atoms with Crippen molar-refractivity contribution in [2.24, 2.45) is 0 Å². The lowest BCUT2D eigenvalue weighted by Crippen LogP contribution is -2.15. The first-order valence-corrected chi connectivity index (χ1v) is 6.77. The summed E-state index contributed by atoms with van der Waals surface area (Å²) in [6.45, 7) is 0. The SMILES string of the molecule is COc1ccccc1CC(=O)Nc1cc(Cl)ccc1OC. The zero-order chi connectivity index (χ0) is 15.2. The summed E-state index contributed by atoms with van der Waals surface area (Å²) in [5.41, 5.74) is 1.36. The molecular formula is C16H16ClNO3. The van der Waals surface area contributed by atoms with Crippen LogP contribution in [0.1, 0.15) is 5.56 Å². The second-order valence-electron chi connectivity index (χ2n) is 4.38. The Bertz CT molecular complexity index is 643. The van der Waals surface area contributed by atoms with E-state index in [0.29, 0.717) is 22.2 Å². The fraction of sp³-hybridized carbons (Fsp3) is 0.188. The number of amides is 1. The maximum absolute atomic E-state index is 12.2. The summed E-state index contributed by atoms with van der Waals surface area (Å²) >= 11 is 5.94. The Morgan fingerprint density at radius 2 is 1.81 bits per heavy atom. The van der Waals surface area contributed by atoms with E-state index in [9.17, 15) is 4.79 Å². The molecular weight excluding hydrogens is 290 g/mol. The number of halogens is 1. The van der Waals surface area contributed by atoms with Crippen molar-refractivity contribution in [1.82, 2.24) is 0 Å². The van der Waals surface area contributed by atoms with Crippen LogP contribution in [0.25, 0.3) is 0 Å². The molecule has 0 radical (unpaired) electrons. The molecule has 0 atom stereocenters. The number of carbonyl (C=O) groups is 1. The molecule has 1 amide bonds. The van der Waals surface area contributed by atoms with Gasteiger partial charge in [-0.1, -0.05) is 29.8 Å². The van der Waals surface area contributed by atoms with E-state index in [0.717, 1.165) is 5.56 Å². The van der Waals surface area contributed by atoms with Crippen LogP contribution < -0.4 is 14.8 Å². The molecule has 0 saturated heterocycles. The number of carbonyl (C=O) groups excluding carboxylic acids is 1. The highest BCUT2D eigenvalue weighted by Crippen LogP contribution is 2.28. The average Bonchev–Trinajstić information content (AvgIpc) is 2.48. The molecule has 4 nitrogen and oxygen atoms in total. The molecule has 5 heteroatoms. The van der Waals surface area contributed by atoms with Crippen LogP contribution in [0.15, 0.2) is 42.5 Å². The second-order valence-corrected chi connectivity index (χ2v) is 4.82. The third kappa shape index (κ3) is 3.89. The van der Waals surface area contributed by atoms with Crippen LogP contribution in [0, 0.1) is 0 Å². The van der Waals surface area contributed by atoms with Crippen LogP contribution in [0.5, 0.6) is 11.5 Å². The molecule has 0 aliphatic heterocycles. The zero-order valence-electron chi connectivity index (χ0n) is 11.9. The Morgan fingerprint density at radius 3 is 2.52 bits per heavy atom. The minimum absolute atomic E-state index is 0.167. The number of hydrogen-bond acceptors (Lipinski definition) is 3. The van der Waals surface area contributed by atoms with Gasteiger partial charge in [0, 0.05) is 10.6 Å². The lowest BCUT2D eigenvalue weighted by Gasteiger charge is -2.12. The molecule has 0 aliphatic carbocycles. The maximum atomic E-state index is 12.2. The van der Waals surface area contributed by atoms with Crippen LogP contribution >= 0.6 is 11.6 Å². The van der Waals surface area contributed by atoms with Crippen LogP contribution in [-0.4, -0.2) is 20.1 Å². The minimum atomic E-state index is -0.167. The predicted octanol–water partition coefficient (Wildman–Crippen LogP) is 3.54. The van der Waals surface area contributed by atoms with Crippen molar-refractivity contribution in [3.05, 3.63) is 53.1 Å². The van der Waals surface area contributed by atoms with Gasteiger partial charge in [0.05, 0.1) is 26.3 Å². The molecule has 0 unspecified atom stereocenters. The average molecular weight is 306 g/mol. The van der Waals surface area contributed by atoms with E-state index in [1.165, 1.54) is 0 Å². The topological polar surface area (TPSA) is 47.6 Å². The molecule has 2 aromatic rings. The molecule has 0 spiro atoms. The molecule has 0 heterocycles. The van der Waals surface area contributed by atoms with Crippen molar-refractivity contribution < 1.29 is 14.3 Å². The van der Waals surface area contributed by atoms with Gasteiger partial charge in [0.1, 0.15) is 11.5 Å². The third-order valence-corrected chi connectivity index (χ3v) is 3.21. The van der Waals surface area contributed by atoms with Crippen molar-refractivity contribution in [1.29, 1.82) is 0 Å². The Hall–Kier alpha value is -2.20. The predicted molar refractivity (Wildman–Crippen MR) is 83.3 cm³/mol. The van der Waals surface area contributed by atoms with Crippen LogP contribution in [0.3, 0.4) is 0 Å². The van der Waals surface area contributed by atoms with Crippen LogP contribution in [-0.2, 0) is 11.2 Å². The summed E-state index contributed by atoms with van der Waals surface area (Å²) in [5, 5.41) is 3.33. The summed E-state index contributed by atoms with van der Waals surface area (Å²) in [6.07, 6.45) is 0.208. The summed E-state index contributed by atoms with van der Waals surface area (Å²) in [4.78, 5) is 12.2. The van der Waals surface area contributed by atoms with Gasteiger partial charge in [-0.3, -0.25) is 4.79 Å². The summed E-state index contributed by atoms with van der Waals surface area (Å²) < 4.78 is 10.4. The van der Waals surface area contributed by atoms with Gasteiger partial charge in [-0.2, -0.15) is 0 Å². The molecule has 0 fully saturated rings. The molecule has 0 aromatic heterocycles. The number of hydrogen-bond donors (Lipinski definition) is 1. The van der Waals surface area contributed by atoms with Crippen molar-refractivity contribution >= 4 is 23.2 Å².